The number of rotatable bonds is 2. The summed E-state index contributed by atoms with van der Waals surface area (Å²) in [6.07, 6.45) is 0. The van der Waals surface area contributed by atoms with Gasteiger partial charge in [-0.15, -0.1) is 11.6 Å². The number of hydrogen-bond acceptors (Lipinski definition) is 1. The number of fused-ring (bicyclic) bond motifs is 1. The van der Waals surface area contributed by atoms with Gasteiger partial charge >= 0.3 is 0 Å². The number of imidazole rings is 1. The molecule has 1 aromatic heterocycles. The second-order valence-electron chi connectivity index (χ2n) is 4.60. The van der Waals surface area contributed by atoms with E-state index in [1.807, 2.05) is 6.07 Å². The fourth-order valence-corrected chi connectivity index (χ4v) is 2.80. The maximum Gasteiger partial charge on any atom is 0.165 e. The molecule has 0 N–H and O–H groups in total. The van der Waals surface area contributed by atoms with Crippen LogP contribution in [0.3, 0.4) is 0 Å². The van der Waals surface area contributed by atoms with Crippen molar-refractivity contribution >= 4 is 45.8 Å². The highest BCUT2D eigenvalue weighted by Gasteiger charge is 2.20. The fourth-order valence-electron chi connectivity index (χ4n) is 2.27. The first-order valence-corrected chi connectivity index (χ1v) is 7.45. The summed E-state index contributed by atoms with van der Waals surface area (Å²) >= 11 is 18.2. The van der Waals surface area contributed by atoms with Gasteiger partial charge in [-0.3, -0.25) is 4.57 Å². The summed E-state index contributed by atoms with van der Waals surface area (Å²) < 4.78 is 16.0. The van der Waals surface area contributed by atoms with Crippen LogP contribution in [0.1, 0.15) is 18.1 Å². The summed E-state index contributed by atoms with van der Waals surface area (Å²) in [4.78, 5) is 4.45. The van der Waals surface area contributed by atoms with Crippen LogP contribution in [0, 0.1) is 5.82 Å². The molecule has 0 spiro atoms. The highest BCUT2D eigenvalue weighted by Crippen LogP contribution is 2.33. The minimum Gasteiger partial charge on any atom is -0.292 e. The minimum atomic E-state index is -0.517. The van der Waals surface area contributed by atoms with E-state index in [4.69, 9.17) is 34.8 Å². The van der Waals surface area contributed by atoms with E-state index in [-0.39, 0.29) is 5.02 Å². The third kappa shape index (κ3) is 2.39. The van der Waals surface area contributed by atoms with Crippen LogP contribution in [0.4, 0.5) is 4.39 Å². The normalized spacial score (nSPS) is 12.8. The molecule has 1 heterocycles. The molecular formula is C15H10Cl3FN2. The van der Waals surface area contributed by atoms with Crippen LogP contribution in [-0.2, 0) is 0 Å². The SMILES string of the molecule is CC(Cl)c1nc2c(Cl)cccc2n1-c1cccc(Cl)c1F. The first kappa shape index (κ1) is 14.6. The predicted molar refractivity (Wildman–Crippen MR) is 85.3 cm³/mol. The van der Waals surface area contributed by atoms with Gasteiger partial charge in [0.1, 0.15) is 11.3 Å². The molecule has 3 aromatic rings. The molecule has 2 aromatic carbocycles. The predicted octanol–water partition coefficient (Wildman–Crippen LogP) is 5.77. The van der Waals surface area contributed by atoms with Gasteiger partial charge in [-0.25, -0.2) is 9.37 Å². The van der Waals surface area contributed by atoms with Crippen LogP contribution >= 0.6 is 34.8 Å². The summed E-state index contributed by atoms with van der Waals surface area (Å²) in [7, 11) is 0. The van der Waals surface area contributed by atoms with Gasteiger partial charge < -0.3 is 0 Å². The van der Waals surface area contributed by atoms with E-state index in [2.05, 4.69) is 4.98 Å². The number of benzene rings is 2. The van der Waals surface area contributed by atoms with E-state index in [0.717, 1.165) is 0 Å². The lowest BCUT2D eigenvalue weighted by Gasteiger charge is -2.12. The first-order valence-electron chi connectivity index (χ1n) is 6.26. The van der Waals surface area contributed by atoms with Crippen molar-refractivity contribution in [1.29, 1.82) is 0 Å². The van der Waals surface area contributed by atoms with Crippen LogP contribution < -0.4 is 0 Å². The molecule has 1 atom stereocenters. The average Bonchev–Trinajstić information content (AvgIpc) is 2.83. The van der Waals surface area contributed by atoms with Gasteiger partial charge in [0.2, 0.25) is 0 Å². The van der Waals surface area contributed by atoms with Gasteiger partial charge in [0.05, 0.1) is 26.6 Å². The van der Waals surface area contributed by atoms with Crippen molar-refractivity contribution in [3.63, 3.8) is 0 Å². The molecule has 2 nitrogen and oxygen atoms in total. The Bertz CT molecular complexity index is 827. The number of halogens is 4. The quantitative estimate of drug-likeness (QED) is 0.540. The van der Waals surface area contributed by atoms with Crippen molar-refractivity contribution in [2.45, 2.75) is 12.3 Å². The third-order valence-electron chi connectivity index (χ3n) is 3.19. The molecule has 0 bridgehead atoms. The second kappa shape index (κ2) is 5.48. The lowest BCUT2D eigenvalue weighted by atomic mass is 10.2. The standard InChI is InChI=1S/C15H10Cl3FN2/c1-8(16)15-20-14-10(18)5-3-7-12(14)21(15)11-6-2-4-9(17)13(11)19/h2-8H,1H3. The summed E-state index contributed by atoms with van der Waals surface area (Å²) in [5, 5.41) is 0.128. The highest BCUT2D eigenvalue weighted by atomic mass is 35.5. The van der Waals surface area contributed by atoms with Crippen LogP contribution in [0.15, 0.2) is 36.4 Å². The Balaban J connectivity index is 2.43. The molecule has 0 fully saturated rings. The molecule has 3 rings (SSSR count). The maximum absolute atomic E-state index is 14.4. The minimum absolute atomic E-state index is 0.0459. The maximum atomic E-state index is 14.4. The average molecular weight is 344 g/mol. The van der Waals surface area contributed by atoms with Gasteiger partial charge in [0.15, 0.2) is 5.82 Å². The highest BCUT2D eigenvalue weighted by molar-refractivity contribution is 6.35. The Morgan fingerprint density at radius 2 is 1.76 bits per heavy atom. The molecule has 6 heteroatoms. The van der Waals surface area contributed by atoms with E-state index < -0.39 is 11.2 Å². The van der Waals surface area contributed by atoms with Crippen molar-refractivity contribution < 1.29 is 4.39 Å². The molecular weight excluding hydrogens is 334 g/mol. The number of nitrogens with zero attached hydrogens (tertiary/aromatic N) is 2. The second-order valence-corrected chi connectivity index (χ2v) is 6.07. The lowest BCUT2D eigenvalue weighted by Crippen LogP contribution is -2.04. The summed E-state index contributed by atoms with van der Waals surface area (Å²) in [6, 6.07) is 10.1. The molecule has 0 aliphatic rings. The Labute approximate surface area is 136 Å². The van der Waals surface area contributed by atoms with E-state index in [1.165, 1.54) is 6.07 Å². The van der Waals surface area contributed by atoms with Crippen LogP contribution in [-0.4, -0.2) is 9.55 Å². The van der Waals surface area contributed by atoms with Crippen molar-refractivity contribution in [2.24, 2.45) is 0 Å². The number of hydrogen-bond donors (Lipinski definition) is 0. The van der Waals surface area contributed by atoms with Crippen LogP contribution in [0.2, 0.25) is 10.0 Å². The fraction of sp³-hybridized carbons (Fsp3) is 0.133. The Hall–Kier alpha value is -1.29. The summed E-state index contributed by atoms with van der Waals surface area (Å²) in [6.45, 7) is 1.77. The zero-order chi connectivity index (χ0) is 15.1. The lowest BCUT2D eigenvalue weighted by molar-refractivity contribution is 0.617. The van der Waals surface area contributed by atoms with Crippen molar-refractivity contribution in [1.82, 2.24) is 9.55 Å². The smallest absolute Gasteiger partial charge is 0.165 e. The van der Waals surface area contributed by atoms with Crippen molar-refractivity contribution in [2.75, 3.05) is 0 Å². The molecule has 0 aliphatic carbocycles. The summed E-state index contributed by atoms with van der Waals surface area (Å²) in [5.41, 5.74) is 1.57. The first-order chi connectivity index (χ1) is 10.0. The Morgan fingerprint density at radius 1 is 1.10 bits per heavy atom. The van der Waals surface area contributed by atoms with E-state index in [0.29, 0.717) is 27.6 Å². The van der Waals surface area contributed by atoms with Crippen molar-refractivity contribution in [3.05, 3.63) is 58.1 Å². The zero-order valence-corrected chi connectivity index (χ0v) is 13.2. The molecule has 21 heavy (non-hydrogen) atoms. The number of para-hydroxylation sites is 1. The Morgan fingerprint density at radius 3 is 2.48 bits per heavy atom. The molecule has 0 aliphatic heterocycles. The van der Waals surface area contributed by atoms with E-state index in [9.17, 15) is 4.39 Å². The van der Waals surface area contributed by atoms with Gasteiger partial charge in [-0.05, 0) is 31.2 Å². The van der Waals surface area contributed by atoms with Crippen molar-refractivity contribution in [3.8, 4) is 5.69 Å². The molecule has 0 saturated heterocycles. The van der Waals surface area contributed by atoms with Gasteiger partial charge in [-0.1, -0.05) is 35.3 Å². The monoisotopic (exact) mass is 342 g/mol. The molecule has 0 radical (unpaired) electrons. The molecule has 1 unspecified atom stereocenters. The number of alkyl halides is 1. The summed E-state index contributed by atoms with van der Waals surface area (Å²) in [5.74, 6) is -0.00191. The van der Waals surface area contributed by atoms with Gasteiger partial charge in [0, 0.05) is 0 Å². The molecule has 0 saturated carbocycles. The molecule has 0 amide bonds. The number of aromatic nitrogens is 2. The van der Waals surface area contributed by atoms with Gasteiger partial charge in [0.25, 0.3) is 0 Å². The zero-order valence-electron chi connectivity index (χ0n) is 10.9. The van der Waals surface area contributed by atoms with Gasteiger partial charge in [-0.2, -0.15) is 0 Å². The topological polar surface area (TPSA) is 17.8 Å². The Kier molecular flexibility index (Phi) is 3.82. The largest absolute Gasteiger partial charge is 0.292 e. The van der Waals surface area contributed by atoms with E-state index >= 15 is 0 Å². The van der Waals surface area contributed by atoms with Crippen LogP contribution in [0.25, 0.3) is 16.7 Å². The van der Waals surface area contributed by atoms with Crippen LogP contribution in [0.5, 0.6) is 0 Å². The third-order valence-corrected chi connectivity index (χ3v) is 3.98. The van der Waals surface area contributed by atoms with E-state index in [1.54, 1.807) is 35.8 Å². The molecule has 108 valence electrons.